The molecule has 0 aliphatic carbocycles. The first-order valence-electron chi connectivity index (χ1n) is 6.53. The Bertz CT molecular complexity index is 771. The minimum atomic E-state index is -4.50. The number of rotatable bonds is 5. The lowest BCUT2D eigenvalue weighted by Gasteiger charge is -2.10. The molecule has 10 heteroatoms. The smallest absolute Gasteiger partial charge is 0.422 e. The average Bonchev–Trinajstić information content (AvgIpc) is 2.85. The van der Waals surface area contributed by atoms with E-state index in [0.717, 1.165) is 16.9 Å². The molecule has 1 aromatic carbocycles. The third kappa shape index (κ3) is 4.24. The van der Waals surface area contributed by atoms with Gasteiger partial charge in [-0.05, 0) is 18.2 Å². The van der Waals surface area contributed by atoms with E-state index in [9.17, 15) is 22.8 Å². The first-order chi connectivity index (χ1) is 11.2. The Kier molecular flexibility index (Phi) is 4.77. The summed E-state index contributed by atoms with van der Waals surface area (Å²) < 4.78 is 42.1. The molecule has 1 amide bonds. The van der Waals surface area contributed by atoms with E-state index in [1.807, 2.05) is 0 Å². The lowest BCUT2D eigenvalue weighted by atomic mass is 10.2. The minimum Gasteiger partial charge on any atom is -0.484 e. The van der Waals surface area contributed by atoms with E-state index in [4.69, 9.17) is 5.11 Å². The number of amides is 1. The Morgan fingerprint density at radius 1 is 1.38 bits per heavy atom. The molecule has 0 aliphatic heterocycles. The van der Waals surface area contributed by atoms with Gasteiger partial charge in [0.25, 0.3) is 5.91 Å². The molecule has 0 fully saturated rings. The van der Waals surface area contributed by atoms with E-state index in [1.165, 1.54) is 25.2 Å². The van der Waals surface area contributed by atoms with Crippen LogP contribution in [0.5, 0.6) is 5.75 Å². The number of aromatic carboxylic acids is 1. The number of hydrogen-bond acceptors (Lipinski definition) is 4. The van der Waals surface area contributed by atoms with Gasteiger partial charge in [-0.2, -0.15) is 18.3 Å². The summed E-state index contributed by atoms with van der Waals surface area (Å²) in [5.74, 6) is -2.12. The number of anilines is 1. The second kappa shape index (κ2) is 6.60. The van der Waals surface area contributed by atoms with Crippen LogP contribution in [0.3, 0.4) is 0 Å². The third-order valence-electron chi connectivity index (χ3n) is 2.89. The fourth-order valence-electron chi connectivity index (χ4n) is 1.87. The normalized spacial score (nSPS) is 11.2. The second-order valence-corrected chi connectivity index (χ2v) is 4.72. The summed E-state index contributed by atoms with van der Waals surface area (Å²) in [4.78, 5) is 23.2. The lowest BCUT2D eigenvalue weighted by Crippen LogP contribution is -2.19. The SMILES string of the molecule is Cn1ncc(NC(=O)c2cccc(OCC(F)(F)F)c2)c1C(=O)O. The molecule has 2 rings (SSSR count). The molecule has 0 aliphatic rings. The molecule has 24 heavy (non-hydrogen) atoms. The maximum atomic E-state index is 12.1. The van der Waals surface area contributed by atoms with Gasteiger partial charge in [0.2, 0.25) is 0 Å². The number of nitrogens with one attached hydrogen (secondary N) is 1. The van der Waals surface area contributed by atoms with E-state index in [2.05, 4.69) is 15.2 Å². The average molecular weight is 343 g/mol. The Morgan fingerprint density at radius 2 is 2.08 bits per heavy atom. The van der Waals surface area contributed by atoms with Gasteiger partial charge in [0.1, 0.15) is 5.75 Å². The highest BCUT2D eigenvalue weighted by atomic mass is 19.4. The van der Waals surface area contributed by atoms with Gasteiger partial charge in [0, 0.05) is 12.6 Å². The van der Waals surface area contributed by atoms with Gasteiger partial charge < -0.3 is 15.2 Å². The van der Waals surface area contributed by atoms with Gasteiger partial charge in [0.15, 0.2) is 12.3 Å². The minimum absolute atomic E-state index is 0.00914. The number of carboxylic acids is 1. The summed E-state index contributed by atoms with van der Waals surface area (Å²) in [7, 11) is 1.39. The Balaban J connectivity index is 2.15. The zero-order chi connectivity index (χ0) is 17.9. The number of ether oxygens (including phenoxy) is 1. The van der Waals surface area contributed by atoms with Crippen molar-refractivity contribution in [2.45, 2.75) is 6.18 Å². The Hall–Kier alpha value is -3.04. The van der Waals surface area contributed by atoms with E-state index in [1.54, 1.807) is 0 Å². The van der Waals surface area contributed by atoms with Crippen LogP contribution in [0.15, 0.2) is 30.5 Å². The molecule has 7 nitrogen and oxygen atoms in total. The van der Waals surface area contributed by atoms with Crippen LogP contribution in [0, 0.1) is 0 Å². The molecular weight excluding hydrogens is 331 g/mol. The van der Waals surface area contributed by atoms with Crippen molar-refractivity contribution in [2.24, 2.45) is 7.05 Å². The molecule has 0 unspecified atom stereocenters. The second-order valence-electron chi connectivity index (χ2n) is 4.72. The molecule has 0 saturated carbocycles. The van der Waals surface area contributed by atoms with Crippen LogP contribution in [0.25, 0.3) is 0 Å². The van der Waals surface area contributed by atoms with Gasteiger partial charge >= 0.3 is 12.1 Å². The molecule has 128 valence electrons. The number of carboxylic acid groups (broad SMARTS) is 1. The van der Waals surface area contributed by atoms with Crippen molar-refractivity contribution in [1.82, 2.24) is 9.78 Å². The number of aromatic nitrogens is 2. The maximum Gasteiger partial charge on any atom is 0.422 e. The Morgan fingerprint density at radius 3 is 2.71 bits per heavy atom. The highest BCUT2D eigenvalue weighted by Gasteiger charge is 2.28. The van der Waals surface area contributed by atoms with Crippen LogP contribution >= 0.6 is 0 Å². The van der Waals surface area contributed by atoms with Crippen molar-refractivity contribution < 1.29 is 32.6 Å². The predicted molar refractivity (Wildman–Crippen MR) is 76.1 cm³/mol. The molecule has 1 aromatic heterocycles. The predicted octanol–water partition coefficient (Wildman–Crippen LogP) is 2.31. The van der Waals surface area contributed by atoms with Crippen LogP contribution in [0.4, 0.5) is 18.9 Å². The number of aryl methyl sites for hydroxylation is 1. The molecule has 2 N–H and O–H groups in total. The van der Waals surface area contributed by atoms with Crippen molar-refractivity contribution in [2.75, 3.05) is 11.9 Å². The quantitative estimate of drug-likeness (QED) is 0.869. The summed E-state index contributed by atoms with van der Waals surface area (Å²) in [6, 6.07) is 5.10. The number of halogens is 3. The van der Waals surface area contributed by atoms with Crippen LogP contribution in [0.2, 0.25) is 0 Å². The van der Waals surface area contributed by atoms with E-state index < -0.39 is 24.7 Å². The summed E-state index contributed by atoms with van der Waals surface area (Å²) >= 11 is 0. The van der Waals surface area contributed by atoms with E-state index in [0.29, 0.717) is 0 Å². The summed E-state index contributed by atoms with van der Waals surface area (Å²) in [6.07, 6.45) is -3.34. The molecule has 0 radical (unpaired) electrons. The number of carbonyl (C=O) groups excluding carboxylic acids is 1. The molecular formula is C14H12F3N3O4. The van der Waals surface area contributed by atoms with Crippen LogP contribution in [0.1, 0.15) is 20.8 Å². The van der Waals surface area contributed by atoms with E-state index >= 15 is 0 Å². The van der Waals surface area contributed by atoms with Gasteiger partial charge in [-0.1, -0.05) is 6.07 Å². The molecule has 0 bridgehead atoms. The van der Waals surface area contributed by atoms with E-state index in [-0.39, 0.29) is 22.7 Å². The fraction of sp³-hybridized carbons (Fsp3) is 0.214. The van der Waals surface area contributed by atoms with Gasteiger partial charge in [0.05, 0.1) is 11.9 Å². The molecule has 0 saturated heterocycles. The van der Waals surface area contributed by atoms with Crippen molar-refractivity contribution in [3.05, 3.63) is 41.7 Å². The zero-order valence-electron chi connectivity index (χ0n) is 12.3. The maximum absolute atomic E-state index is 12.1. The number of hydrogen-bond donors (Lipinski definition) is 2. The number of alkyl halides is 3. The lowest BCUT2D eigenvalue weighted by molar-refractivity contribution is -0.153. The van der Waals surface area contributed by atoms with Crippen molar-refractivity contribution in [1.29, 1.82) is 0 Å². The summed E-state index contributed by atoms with van der Waals surface area (Å²) in [5, 5.41) is 15.1. The van der Waals surface area contributed by atoms with Crippen LogP contribution in [-0.2, 0) is 7.05 Å². The summed E-state index contributed by atoms with van der Waals surface area (Å²) in [6.45, 7) is -1.48. The first kappa shape index (κ1) is 17.3. The molecule has 0 spiro atoms. The first-order valence-corrected chi connectivity index (χ1v) is 6.53. The number of carbonyl (C=O) groups is 2. The Labute approximate surface area is 133 Å². The van der Waals surface area contributed by atoms with Crippen LogP contribution in [-0.4, -0.2) is 39.5 Å². The molecule has 2 aromatic rings. The highest BCUT2D eigenvalue weighted by molar-refractivity contribution is 6.07. The molecule has 1 heterocycles. The van der Waals surface area contributed by atoms with Crippen molar-refractivity contribution >= 4 is 17.6 Å². The third-order valence-corrected chi connectivity index (χ3v) is 2.89. The number of nitrogens with zero attached hydrogens (tertiary/aromatic N) is 2. The molecule has 0 atom stereocenters. The number of benzene rings is 1. The monoisotopic (exact) mass is 343 g/mol. The van der Waals surface area contributed by atoms with Crippen molar-refractivity contribution in [3.63, 3.8) is 0 Å². The van der Waals surface area contributed by atoms with Gasteiger partial charge in [-0.3, -0.25) is 9.48 Å². The fourth-order valence-corrected chi connectivity index (χ4v) is 1.87. The summed E-state index contributed by atoms with van der Waals surface area (Å²) in [5.41, 5.74) is -0.251. The van der Waals surface area contributed by atoms with Crippen LogP contribution < -0.4 is 10.1 Å². The topological polar surface area (TPSA) is 93.5 Å². The largest absolute Gasteiger partial charge is 0.484 e. The van der Waals surface area contributed by atoms with Crippen molar-refractivity contribution in [3.8, 4) is 5.75 Å². The standard InChI is InChI=1S/C14H12F3N3O4/c1-20-11(13(22)23)10(6-18-20)19-12(21)8-3-2-4-9(5-8)24-7-14(15,16)17/h2-6H,7H2,1H3,(H,19,21)(H,22,23). The van der Waals surface area contributed by atoms with Gasteiger partial charge in [-0.25, -0.2) is 4.79 Å². The van der Waals surface area contributed by atoms with Gasteiger partial charge in [-0.15, -0.1) is 0 Å². The zero-order valence-corrected chi connectivity index (χ0v) is 12.3. The highest BCUT2D eigenvalue weighted by Crippen LogP contribution is 2.21.